The molecule has 0 radical (unpaired) electrons. The maximum Gasteiger partial charge on any atom is 0.348 e. The number of esters is 2. The normalized spacial score (nSPS) is 19.8. The van der Waals surface area contributed by atoms with Crippen molar-refractivity contribution in [2.45, 2.75) is 45.6 Å². The van der Waals surface area contributed by atoms with Crippen LogP contribution in [0.25, 0.3) is 0 Å². The van der Waals surface area contributed by atoms with Crippen molar-refractivity contribution in [2.75, 3.05) is 19.5 Å². The molecule has 0 aliphatic heterocycles. The van der Waals surface area contributed by atoms with Crippen molar-refractivity contribution in [1.82, 2.24) is 5.32 Å². The Balaban J connectivity index is 2.20. The number of rotatable bonds is 4. The van der Waals surface area contributed by atoms with Crippen molar-refractivity contribution in [3.8, 4) is 0 Å². The van der Waals surface area contributed by atoms with Crippen LogP contribution in [0.15, 0.2) is 0 Å². The van der Waals surface area contributed by atoms with Crippen LogP contribution in [0.1, 0.15) is 58.2 Å². The van der Waals surface area contributed by atoms with Gasteiger partial charge in [-0.1, -0.05) is 19.8 Å². The third-order valence-electron chi connectivity index (χ3n) is 4.56. The molecule has 25 heavy (non-hydrogen) atoms. The molecule has 8 heteroatoms. The standard InChI is InChI=1S/C17H24N2O4S2/c1-9-7-5-6-8-11(9)18-17(24)19-14-12(15(20)22-3)10(2)13(25-14)16(21)23-4/h9,11H,5-8H2,1-4H3,(H2,18,19,24). The van der Waals surface area contributed by atoms with E-state index in [2.05, 4.69) is 17.6 Å². The topological polar surface area (TPSA) is 76.7 Å². The molecule has 138 valence electrons. The van der Waals surface area contributed by atoms with Crippen LogP contribution >= 0.6 is 23.6 Å². The van der Waals surface area contributed by atoms with Gasteiger partial charge in [-0.25, -0.2) is 9.59 Å². The smallest absolute Gasteiger partial charge is 0.348 e. The largest absolute Gasteiger partial charge is 0.465 e. The van der Waals surface area contributed by atoms with Gasteiger partial charge in [0, 0.05) is 6.04 Å². The molecule has 1 aliphatic carbocycles. The van der Waals surface area contributed by atoms with E-state index >= 15 is 0 Å². The molecule has 0 amide bonds. The Morgan fingerprint density at radius 3 is 2.40 bits per heavy atom. The minimum Gasteiger partial charge on any atom is -0.465 e. The summed E-state index contributed by atoms with van der Waals surface area (Å²) in [5, 5.41) is 7.33. The quantitative estimate of drug-likeness (QED) is 0.608. The van der Waals surface area contributed by atoms with Crippen molar-refractivity contribution in [2.24, 2.45) is 5.92 Å². The first-order valence-corrected chi connectivity index (χ1v) is 9.49. The van der Waals surface area contributed by atoms with Crippen molar-refractivity contribution in [1.29, 1.82) is 0 Å². The summed E-state index contributed by atoms with van der Waals surface area (Å²) in [6.45, 7) is 3.91. The SMILES string of the molecule is COC(=O)c1sc(NC(=S)NC2CCCCC2C)c(C(=O)OC)c1C. The van der Waals surface area contributed by atoms with Crippen LogP contribution in [0.3, 0.4) is 0 Å². The number of nitrogens with one attached hydrogen (secondary N) is 2. The highest BCUT2D eigenvalue weighted by Crippen LogP contribution is 2.34. The van der Waals surface area contributed by atoms with E-state index in [1.165, 1.54) is 33.5 Å². The summed E-state index contributed by atoms with van der Waals surface area (Å²) in [6, 6.07) is 0.316. The second kappa shape index (κ2) is 8.62. The maximum absolute atomic E-state index is 12.1. The molecule has 0 spiro atoms. The number of ether oxygens (including phenoxy) is 2. The molecular formula is C17H24N2O4S2. The van der Waals surface area contributed by atoms with Crippen molar-refractivity contribution >= 4 is 45.6 Å². The Kier molecular flexibility index (Phi) is 6.78. The van der Waals surface area contributed by atoms with Gasteiger partial charge in [-0.15, -0.1) is 11.3 Å². The Hall–Kier alpha value is -1.67. The van der Waals surface area contributed by atoms with Crippen molar-refractivity contribution in [3.05, 3.63) is 16.0 Å². The number of hydrogen-bond donors (Lipinski definition) is 2. The van der Waals surface area contributed by atoms with Gasteiger partial charge in [-0.3, -0.25) is 0 Å². The van der Waals surface area contributed by atoms with Crippen molar-refractivity contribution in [3.63, 3.8) is 0 Å². The predicted molar refractivity (Wildman–Crippen MR) is 103 cm³/mol. The lowest BCUT2D eigenvalue weighted by Gasteiger charge is -2.30. The lowest BCUT2D eigenvalue weighted by Crippen LogP contribution is -2.43. The van der Waals surface area contributed by atoms with Gasteiger partial charge >= 0.3 is 11.9 Å². The monoisotopic (exact) mass is 384 g/mol. The number of anilines is 1. The molecule has 1 heterocycles. The highest BCUT2D eigenvalue weighted by molar-refractivity contribution is 7.80. The van der Waals surface area contributed by atoms with Gasteiger partial charge in [0.05, 0.1) is 19.8 Å². The van der Waals surface area contributed by atoms with E-state index in [0.717, 1.165) is 17.8 Å². The summed E-state index contributed by atoms with van der Waals surface area (Å²) in [5.74, 6) is -0.454. The average Bonchev–Trinajstić information content (AvgIpc) is 2.91. The molecule has 0 bridgehead atoms. The molecular weight excluding hydrogens is 360 g/mol. The molecule has 0 aromatic carbocycles. The minimum absolute atomic E-state index is 0.314. The lowest BCUT2D eigenvalue weighted by molar-refractivity contribution is 0.0601. The fraction of sp³-hybridized carbons (Fsp3) is 0.588. The van der Waals surface area contributed by atoms with Gasteiger partial charge in [0.1, 0.15) is 9.88 Å². The molecule has 1 fully saturated rings. The first-order valence-electron chi connectivity index (χ1n) is 8.26. The fourth-order valence-corrected chi connectivity index (χ4v) is 4.51. The van der Waals surface area contributed by atoms with Crippen LogP contribution in [-0.2, 0) is 9.47 Å². The second-order valence-electron chi connectivity index (χ2n) is 6.21. The summed E-state index contributed by atoms with van der Waals surface area (Å²) in [6.07, 6.45) is 4.68. The Labute approximate surface area is 157 Å². The zero-order chi connectivity index (χ0) is 18.6. The van der Waals surface area contributed by atoms with Crippen LogP contribution in [-0.4, -0.2) is 37.3 Å². The van der Waals surface area contributed by atoms with Crippen LogP contribution in [0.5, 0.6) is 0 Å². The first kappa shape index (κ1) is 19.7. The summed E-state index contributed by atoms with van der Waals surface area (Å²) in [7, 11) is 2.62. The van der Waals surface area contributed by atoms with Gasteiger partial charge < -0.3 is 20.1 Å². The number of methoxy groups -OCH3 is 2. The van der Waals surface area contributed by atoms with Crippen molar-refractivity contribution < 1.29 is 19.1 Å². The molecule has 6 nitrogen and oxygen atoms in total. The molecule has 2 N–H and O–H groups in total. The van der Waals surface area contributed by atoms with Gasteiger partial charge in [0.25, 0.3) is 0 Å². The number of hydrogen-bond acceptors (Lipinski definition) is 6. The molecule has 1 aromatic heterocycles. The number of thiocarbonyl (C=S) groups is 1. The van der Waals surface area contributed by atoms with E-state index < -0.39 is 11.9 Å². The van der Waals surface area contributed by atoms with E-state index in [0.29, 0.717) is 38.1 Å². The number of thiophene rings is 1. The Bertz CT molecular complexity index is 672. The van der Waals surface area contributed by atoms with Gasteiger partial charge in [-0.05, 0) is 43.5 Å². The highest BCUT2D eigenvalue weighted by Gasteiger charge is 2.27. The maximum atomic E-state index is 12.1. The van der Waals surface area contributed by atoms with Crippen LogP contribution in [0, 0.1) is 12.8 Å². The minimum atomic E-state index is -0.514. The summed E-state index contributed by atoms with van der Waals surface area (Å²) in [5.41, 5.74) is 0.841. The molecule has 1 aliphatic rings. The summed E-state index contributed by atoms with van der Waals surface area (Å²) < 4.78 is 9.63. The highest BCUT2D eigenvalue weighted by atomic mass is 32.1. The zero-order valence-corrected chi connectivity index (χ0v) is 16.6. The second-order valence-corrected chi connectivity index (χ2v) is 7.64. The van der Waals surface area contributed by atoms with E-state index in [1.54, 1.807) is 6.92 Å². The predicted octanol–water partition coefficient (Wildman–Crippen LogP) is 3.49. The fourth-order valence-electron chi connectivity index (χ4n) is 3.08. The molecule has 2 rings (SSSR count). The van der Waals surface area contributed by atoms with Gasteiger partial charge in [0.15, 0.2) is 5.11 Å². The van der Waals surface area contributed by atoms with E-state index in [9.17, 15) is 9.59 Å². The Morgan fingerprint density at radius 1 is 1.16 bits per heavy atom. The number of carbonyl (C=O) groups excluding carboxylic acids is 2. The summed E-state index contributed by atoms with van der Waals surface area (Å²) in [4.78, 5) is 24.4. The molecule has 2 unspecified atom stereocenters. The zero-order valence-electron chi connectivity index (χ0n) is 14.9. The van der Waals surface area contributed by atoms with Crippen LogP contribution in [0.4, 0.5) is 5.00 Å². The molecule has 0 saturated heterocycles. The van der Waals surface area contributed by atoms with Gasteiger partial charge in [-0.2, -0.15) is 0 Å². The first-order chi connectivity index (χ1) is 11.9. The average molecular weight is 385 g/mol. The number of carbonyl (C=O) groups is 2. The van der Waals surface area contributed by atoms with E-state index in [-0.39, 0.29) is 0 Å². The summed E-state index contributed by atoms with van der Waals surface area (Å²) >= 11 is 6.55. The van der Waals surface area contributed by atoms with Crippen LogP contribution in [0.2, 0.25) is 0 Å². The van der Waals surface area contributed by atoms with Gasteiger partial charge in [0.2, 0.25) is 0 Å². The Morgan fingerprint density at radius 2 is 1.80 bits per heavy atom. The molecule has 1 saturated carbocycles. The van der Waals surface area contributed by atoms with E-state index in [4.69, 9.17) is 21.7 Å². The van der Waals surface area contributed by atoms with E-state index in [1.807, 2.05) is 0 Å². The third kappa shape index (κ3) is 4.49. The molecule has 2 atom stereocenters. The third-order valence-corrected chi connectivity index (χ3v) is 5.97. The van der Waals surface area contributed by atoms with Crippen LogP contribution < -0.4 is 10.6 Å². The lowest BCUT2D eigenvalue weighted by atomic mass is 9.86. The molecule has 1 aromatic rings.